The third-order valence-electron chi connectivity index (χ3n) is 1.42. The van der Waals surface area contributed by atoms with Crippen LogP contribution < -0.4 is 5.73 Å². The lowest BCUT2D eigenvalue weighted by Gasteiger charge is -2.08. The molecule has 0 aliphatic heterocycles. The molecule has 0 aromatic heterocycles. The van der Waals surface area contributed by atoms with Gasteiger partial charge in [-0.25, -0.2) is 0 Å². The Morgan fingerprint density at radius 1 is 1.36 bits per heavy atom. The van der Waals surface area contributed by atoms with Crippen LogP contribution in [0.4, 0.5) is 0 Å². The van der Waals surface area contributed by atoms with Gasteiger partial charge in [0.1, 0.15) is 0 Å². The van der Waals surface area contributed by atoms with E-state index in [0.717, 1.165) is 25.4 Å². The summed E-state index contributed by atoms with van der Waals surface area (Å²) in [6, 6.07) is 0. The maximum atomic E-state index is 9.27. The van der Waals surface area contributed by atoms with Gasteiger partial charge in [-0.2, -0.15) is 0 Å². The second kappa shape index (κ2) is 8.41. The molecular weight excluding hydrogens is 161 g/mol. The van der Waals surface area contributed by atoms with E-state index in [1.165, 1.54) is 0 Å². The summed E-state index contributed by atoms with van der Waals surface area (Å²) in [5.41, 5.74) is 5.30. The van der Waals surface area contributed by atoms with Gasteiger partial charge in [0.25, 0.3) is 0 Å². The Kier molecular flexibility index (Phi) is 8.64. The van der Waals surface area contributed by atoms with Gasteiger partial charge in [-0.15, -0.1) is 0 Å². The molecule has 0 saturated carbocycles. The second-order valence-electron chi connectivity index (χ2n) is 2.48. The standard InChI is InChI=1S/C7H18NO2P/c8-4-2-1-3-7(10)11-6-5-9/h7,9-11H,1-6,8H2. The van der Waals surface area contributed by atoms with Crippen LogP contribution in [-0.4, -0.2) is 35.4 Å². The summed E-state index contributed by atoms with van der Waals surface area (Å²) in [6.07, 6.45) is 3.54. The Labute approximate surface area is 69.8 Å². The van der Waals surface area contributed by atoms with Gasteiger partial charge in [0.2, 0.25) is 0 Å². The first-order chi connectivity index (χ1) is 5.31. The summed E-state index contributed by atoms with van der Waals surface area (Å²) in [6.45, 7) is 0.891. The third kappa shape index (κ3) is 8.21. The second-order valence-corrected chi connectivity index (χ2v) is 4.05. The summed E-state index contributed by atoms with van der Waals surface area (Å²) >= 11 is 0. The Balaban J connectivity index is 3.02. The zero-order valence-corrected chi connectivity index (χ0v) is 7.79. The van der Waals surface area contributed by atoms with Crippen molar-refractivity contribution in [2.75, 3.05) is 19.3 Å². The number of aliphatic hydroxyl groups excluding tert-OH is 2. The normalized spacial score (nSPS) is 14.5. The fraction of sp³-hybridized carbons (Fsp3) is 1.00. The number of hydrogen-bond acceptors (Lipinski definition) is 3. The van der Waals surface area contributed by atoms with Crippen molar-refractivity contribution < 1.29 is 10.2 Å². The van der Waals surface area contributed by atoms with Crippen molar-refractivity contribution in [1.29, 1.82) is 0 Å². The SMILES string of the molecule is NCCCCC(O)PCCO. The topological polar surface area (TPSA) is 66.5 Å². The molecule has 2 atom stereocenters. The Bertz CT molecular complexity index is 82.8. The van der Waals surface area contributed by atoms with Crippen molar-refractivity contribution in [3.63, 3.8) is 0 Å². The molecule has 3 nitrogen and oxygen atoms in total. The minimum atomic E-state index is -0.214. The molecule has 4 heteroatoms. The van der Waals surface area contributed by atoms with E-state index in [9.17, 15) is 5.11 Å². The first-order valence-electron chi connectivity index (χ1n) is 4.03. The first kappa shape index (κ1) is 11.3. The molecule has 68 valence electrons. The van der Waals surface area contributed by atoms with Crippen molar-refractivity contribution in [1.82, 2.24) is 0 Å². The van der Waals surface area contributed by atoms with E-state index in [1.54, 1.807) is 0 Å². The van der Waals surface area contributed by atoms with Gasteiger partial charge in [-0.3, -0.25) is 0 Å². The van der Waals surface area contributed by atoms with Gasteiger partial charge in [0, 0.05) is 6.61 Å². The van der Waals surface area contributed by atoms with Crippen molar-refractivity contribution in [2.45, 2.75) is 25.1 Å². The highest BCUT2D eigenvalue weighted by molar-refractivity contribution is 7.38. The molecule has 0 saturated heterocycles. The molecule has 4 N–H and O–H groups in total. The average molecular weight is 179 g/mol. The molecule has 0 spiro atoms. The molecule has 0 aliphatic carbocycles. The molecule has 11 heavy (non-hydrogen) atoms. The largest absolute Gasteiger partial charge is 0.396 e. The lowest BCUT2D eigenvalue weighted by atomic mass is 10.2. The Morgan fingerprint density at radius 2 is 2.09 bits per heavy atom. The van der Waals surface area contributed by atoms with Crippen LogP contribution in [0.1, 0.15) is 19.3 Å². The van der Waals surface area contributed by atoms with E-state index >= 15 is 0 Å². The molecule has 0 aromatic carbocycles. The van der Waals surface area contributed by atoms with Gasteiger partial charge in [0.15, 0.2) is 0 Å². The zero-order valence-electron chi connectivity index (χ0n) is 6.79. The van der Waals surface area contributed by atoms with Crippen LogP contribution in [0.25, 0.3) is 0 Å². The lowest BCUT2D eigenvalue weighted by Crippen LogP contribution is -2.04. The minimum absolute atomic E-state index is 0.187. The fourth-order valence-electron chi connectivity index (χ4n) is 0.815. The quantitative estimate of drug-likeness (QED) is 0.383. The molecule has 0 heterocycles. The van der Waals surface area contributed by atoms with E-state index in [4.69, 9.17) is 10.8 Å². The molecule has 0 amide bonds. The van der Waals surface area contributed by atoms with Crippen molar-refractivity contribution in [3.8, 4) is 0 Å². The van der Waals surface area contributed by atoms with Crippen LogP contribution in [-0.2, 0) is 0 Å². The summed E-state index contributed by atoms with van der Waals surface area (Å²) in [4.78, 5) is 0. The summed E-state index contributed by atoms with van der Waals surface area (Å²) in [5.74, 6) is -0.214. The average Bonchev–Trinajstić information content (AvgIpc) is 2.01. The Morgan fingerprint density at radius 3 is 2.64 bits per heavy atom. The maximum Gasteiger partial charge on any atom is 0.0703 e. The molecule has 0 aliphatic rings. The predicted molar refractivity (Wildman–Crippen MR) is 49.2 cm³/mol. The highest BCUT2D eigenvalue weighted by Crippen LogP contribution is 2.20. The highest BCUT2D eigenvalue weighted by atomic mass is 31.1. The van der Waals surface area contributed by atoms with E-state index in [0.29, 0.717) is 15.1 Å². The van der Waals surface area contributed by atoms with Gasteiger partial charge in [-0.1, -0.05) is 8.58 Å². The third-order valence-corrected chi connectivity index (χ3v) is 2.70. The molecular formula is C7H18NO2P. The van der Waals surface area contributed by atoms with Crippen molar-refractivity contribution in [3.05, 3.63) is 0 Å². The summed E-state index contributed by atoms with van der Waals surface area (Å²) in [7, 11) is 0.482. The van der Waals surface area contributed by atoms with E-state index in [2.05, 4.69) is 0 Å². The van der Waals surface area contributed by atoms with Crippen LogP contribution in [0.5, 0.6) is 0 Å². The Hall–Kier alpha value is 0.310. The van der Waals surface area contributed by atoms with Crippen LogP contribution in [0.15, 0.2) is 0 Å². The minimum Gasteiger partial charge on any atom is -0.396 e. The first-order valence-corrected chi connectivity index (χ1v) is 5.32. The van der Waals surface area contributed by atoms with Gasteiger partial charge >= 0.3 is 0 Å². The molecule has 0 fully saturated rings. The van der Waals surface area contributed by atoms with E-state index < -0.39 is 0 Å². The van der Waals surface area contributed by atoms with Crippen LogP contribution in [0.3, 0.4) is 0 Å². The van der Waals surface area contributed by atoms with Crippen molar-refractivity contribution in [2.24, 2.45) is 5.73 Å². The lowest BCUT2D eigenvalue weighted by molar-refractivity contribution is 0.243. The van der Waals surface area contributed by atoms with Crippen LogP contribution >= 0.6 is 8.58 Å². The van der Waals surface area contributed by atoms with E-state index in [-0.39, 0.29) is 12.5 Å². The van der Waals surface area contributed by atoms with Gasteiger partial charge in [-0.05, 0) is 32.0 Å². The molecule has 0 bridgehead atoms. The summed E-state index contributed by atoms with van der Waals surface area (Å²) in [5, 5.41) is 17.7. The number of rotatable bonds is 7. The van der Waals surface area contributed by atoms with Gasteiger partial charge < -0.3 is 15.9 Å². The maximum absolute atomic E-state index is 9.27. The monoisotopic (exact) mass is 179 g/mol. The van der Waals surface area contributed by atoms with E-state index in [1.807, 2.05) is 0 Å². The molecule has 0 aromatic rings. The predicted octanol–water partition coefficient (Wildman–Crippen LogP) is 0.105. The van der Waals surface area contributed by atoms with Crippen LogP contribution in [0.2, 0.25) is 0 Å². The number of nitrogens with two attached hydrogens (primary N) is 1. The van der Waals surface area contributed by atoms with Gasteiger partial charge in [0.05, 0.1) is 5.85 Å². The number of hydrogen-bond donors (Lipinski definition) is 3. The number of aliphatic hydroxyl groups is 2. The number of unbranched alkanes of at least 4 members (excludes halogenated alkanes) is 1. The zero-order chi connectivity index (χ0) is 8.53. The fourth-order valence-corrected chi connectivity index (χ4v) is 1.69. The molecule has 2 unspecified atom stereocenters. The van der Waals surface area contributed by atoms with Crippen LogP contribution in [0, 0.1) is 0 Å². The summed E-state index contributed by atoms with van der Waals surface area (Å²) < 4.78 is 0. The van der Waals surface area contributed by atoms with Crippen molar-refractivity contribution >= 4 is 8.58 Å². The molecule has 0 rings (SSSR count). The molecule has 0 radical (unpaired) electrons. The smallest absolute Gasteiger partial charge is 0.0703 e. The highest BCUT2D eigenvalue weighted by Gasteiger charge is 2.01.